The predicted molar refractivity (Wildman–Crippen MR) is 47.1 cm³/mol. The fourth-order valence-electron chi connectivity index (χ4n) is 0.718. The number of hydrogen-bond acceptors (Lipinski definition) is 4. The normalized spacial score (nSPS) is 10.2. The number of ether oxygens (including phenoxy) is 1. The monoisotopic (exact) mass is 178 g/mol. The molecule has 4 heteroatoms. The molecule has 0 aliphatic carbocycles. The lowest BCUT2D eigenvalue weighted by atomic mass is 10.3. The van der Waals surface area contributed by atoms with Gasteiger partial charge in [0, 0.05) is 18.5 Å². The Morgan fingerprint density at radius 2 is 2.46 bits per heavy atom. The number of ketones is 1. The van der Waals surface area contributed by atoms with Gasteiger partial charge in [0.15, 0.2) is 0 Å². The zero-order valence-electron chi connectivity index (χ0n) is 7.30. The maximum atomic E-state index is 11.3. The average Bonchev–Trinajstić information content (AvgIpc) is 2.19. The van der Waals surface area contributed by atoms with Crippen LogP contribution in [-0.4, -0.2) is 22.4 Å². The lowest BCUT2D eigenvalue weighted by Crippen LogP contribution is -1.98. The first kappa shape index (κ1) is 9.38. The number of allylic oxidation sites excluding steroid dienone is 1. The quantitative estimate of drug-likeness (QED) is 0.395. The second-order valence-corrected chi connectivity index (χ2v) is 2.21. The zero-order chi connectivity index (χ0) is 9.52. The number of nitrogens with zero attached hydrogens (tertiary/aromatic N) is 2. The third kappa shape index (κ3) is 3.02. The lowest BCUT2D eigenvalue weighted by Gasteiger charge is -1.93. The van der Waals surface area contributed by atoms with Crippen molar-refractivity contribution in [2.75, 3.05) is 6.61 Å². The Bertz CT molecular complexity index is 296. The molecular formula is C9H10N2O2. The molecule has 0 saturated heterocycles. The molecule has 0 aliphatic rings. The average molecular weight is 178 g/mol. The molecule has 0 radical (unpaired) electrons. The van der Waals surface area contributed by atoms with E-state index < -0.39 is 0 Å². The van der Waals surface area contributed by atoms with Gasteiger partial charge in [0.05, 0.1) is 19.1 Å². The molecule has 0 amide bonds. The topological polar surface area (TPSA) is 52.1 Å². The van der Waals surface area contributed by atoms with Gasteiger partial charge in [0.25, 0.3) is 0 Å². The fraction of sp³-hybridized carbons (Fsp3) is 0.222. The van der Waals surface area contributed by atoms with Crippen LogP contribution in [0, 0.1) is 0 Å². The third-order valence-corrected chi connectivity index (χ3v) is 1.30. The second kappa shape index (κ2) is 5.03. The van der Waals surface area contributed by atoms with E-state index in [1.54, 1.807) is 0 Å². The van der Waals surface area contributed by atoms with Crippen molar-refractivity contribution in [2.45, 2.75) is 6.92 Å². The van der Waals surface area contributed by atoms with E-state index in [4.69, 9.17) is 4.74 Å². The highest BCUT2D eigenvalue weighted by molar-refractivity contribution is 6.02. The summed E-state index contributed by atoms with van der Waals surface area (Å²) in [5.74, 6) is -0.207. The van der Waals surface area contributed by atoms with Crippen LogP contribution in [0.5, 0.6) is 0 Å². The third-order valence-electron chi connectivity index (χ3n) is 1.30. The second-order valence-electron chi connectivity index (χ2n) is 2.21. The predicted octanol–water partition coefficient (Wildman–Crippen LogP) is 1.21. The zero-order valence-corrected chi connectivity index (χ0v) is 7.30. The maximum absolute atomic E-state index is 11.3. The molecule has 1 aromatic rings. The van der Waals surface area contributed by atoms with Gasteiger partial charge in [-0.2, -0.15) is 0 Å². The Kier molecular flexibility index (Phi) is 3.63. The summed E-state index contributed by atoms with van der Waals surface area (Å²) in [7, 11) is 0. The number of hydrogen-bond donors (Lipinski definition) is 0. The van der Waals surface area contributed by atoms with E-state index in [1.807, 2.05) is 6.92 Å². The SMILES string of the molecule is CCO/C=C/C(=O)c1cnccn1. The Hall–Kier alpha value is -1.71. The van der Waals surface area contributed by atoms with Gasteiger partial charge in [0.1, 0.15) is 5.69 Å². The van der Waals surface area contributed by atoms with E-state index >= 15 is 0 Å². The Balaban J connectivity index is 2.59. The molecule has 1 rings (SSSR count). The highest BCUT2D eigenvalue weighted by Gasteiger charge is 2.01. The maximum Gasteiger partial charge on any atom is 0.208 e. The van der Waals surface area contributed by atoms with Crippen LogP contribution in [0.2, 0.25) is 0 Å². The molecule has 0 atom stereocenters. The summed E-state index contributed by atoms with van der Waals surface area (Å²) in [6.45, 7) is 2.39. The molecule has 13 heavy (non-hydrogen) atoms. The van der Waals surface area contributed by atoms with E-state index in [1.165, 1.54) is 30.9 Å². The Morgan fingerprint density at radius 3 is 3.08 bits per heavy atom. The van der Waals surface area contributed by atoms with Crippen LogP contribution in [0.15, 0.2) is 30.9 Å². The van der Waals surface area contributed by atoms with Gasteiger partial charge in [-0.3, -0.25) is 9.78 Å². The smallest absolute Gasteiger partial charge is 0.208 e. The van der Waals surface area contributed by atoms with Gasteiger partial charge in [-0.15, -0.1) is 0 Å². The van der Waals surface area contributed by atoms with Gasteiger partial charge in [-0.1, -0.05) is 0 Å². The van der Waals surface area contributed by atoms with Gasteiger partial charge >= 0.3 is 0 Å². The van der Waals surface area contributed by atoms with Crippen LogP contribution in [0.25, 0.3) is 0 Å². The van der Waals surface area contributed by atoms with Crippen molar-refractivity contribution in [1.82, 2.24) is 9.97 Å². The van der Waals surface area contributed by atoms with E-state index in [-0.39, 0.29) is 5.78 Å². The molecule has 1 aromatic heterocycles. The largest absolute Gasteiger partial charge is 0.501 e. The van der Waals surface area contributed by atoms with Crippen molar-refractivity contribution < 1.29 is 9.53 Å². The number of rotatable bonds is 4. The molecular weight excluding hydrogens is 168 g/mol. The van der Waals surface area contributed by atoms with Crippen LogP contribution in [0.1, 0.15) is 17.4 Å². The van der Waals surface area contributed by atoms with Crippen LogP contribution in [0.4, 0.5) is 0 Å². The molecule has 0 spiro atoms. The minimum absolute atomic E-state index is 0.207. The van der Waals surface area contributed by atoms with Gasteiger partial charge < -0.3 is 4.74 Å². The van der Waals surface area contributed by atoms with Crippen molar-refractivity contribution >= 4 is 5.78 Å². The van der Waals surface area contributed by atoms with E-state index in [0.29, 0.717) is 12.3 Å². The first-order valence-electron chi connectivity index (χ1n) is 3.93. The molecule has 4 nitrogen and oxygen atoms in total. The van der Waals surface area contributed by atoms with Crippen LogP contribution >= 0.6 is 0 Å². The van der Waals surface area contributed by atoms with Crippen molar-refractivity contribution in [3.05, 3.63) is 36.6 Å². The minimum Gasteiger partial charge on any atom is -0.501 e. The van der Waals surface area contributed by atoms with Gasteiger partial charge in [-0.25, -0.2) is 4.98 Å². The highest BCUT2D eigenvalue weighted by atomic mass is 16.5. The van der Waals surface area contributed by atoms with Crippen molar-refractivity contribution in [3.8, 4) is 0 Å². The molecule has 0 unspecified atom stereocenters. The standard InChI is InChI=1S/C9H10N2O2/c1-2-13-6-3-9(12)8-7-10-4-5-11-8/h3-7H,2H2,1H3/b6-3+. The van der Waals surface area contributed by atoms with E-state index in [9.17, 15) is 4.79 Å². The molecule has 0 fully saturated rings. The van der Waals surface area contributed by atoms with Crippen LogP contribution < -0.4 is 0 Å². The number of carbonyl (C=O) groups excluding carboxylic acids is 1. The molecule has 0 N–H and O–H groups in total. The fourth-order valence-corrected chi connectivity index (χ4v) is 0.718. The number of aromatic nitrogens is 2. The van der Waals surface area contributed by atoms with Gasteiger partial charge in [0.2, 0.25) is 5.78 Å². The van der Waals surface area contributed by atoms with Gasteiger partial charge in [-0.05, 0) is 6.92 Å². The Labute approximate surface area is 76.3 Å². The molecule has 0 bridgehead atoms. The number of carbonyl (C=O) groups is 1. The Morgan fingerprint density at radius 1 is 1.62 bits per heavy atom. The summed E-state index contributed by atoms with van der Waals surface area (Å²) in [6.07, 6.45) is 7.09. The highest BCUT2D eigenvalue weighted by Crippen LogP contribution is 1.93. The first-order valence-corrected chi connectivity index (χ1v) is 3.93. The lowest BCUT2D eigenvalue weighted by molar-refractivity contribution is 0.103. The van der Waals surface area contributed by atoms with Crippen molar-refractivity contribution in [1.29, 1.82) is 0 Å². The summed E-state index contributed by atoms with van der Waals surface area (Å²) in [5.41, 5.74) is 0.318. The summed E-state index contributed by atoms with van der Waals surface area (Å²) >= 11 is 0. The first-order chi connectivity index (χ1) is 6.34. The van der Waals surface area contributed by atoms with Crippen molar-refractivity contribution in [2.24, 2.45) is 0 Å². The summed E-state index contributed by atoms with van der Waals surface area (Å²) in [4.78, 5) is 18.9. The molecule has 0 saturated carbocycles. The van der Waals surface area contributed by atoms with Crippen molar-refractivity contribution in [3.63, 3.8) is 0 Å². The minimum atomic E-state index is -0.207. The molecule has 0 aromatic carbocycles. The summed E-state index contributed by atoms with van der Waals surface area (Å²) in [6, 6.07) is 0. The summed E-state index contributed by atoms with van der Waals surface area (Å²) in [5, 5.41) is 0. The summed E-state index contributed by atoms with van der Waals surface area (Å²) < 4.78 is 4.88. The molecule has 1 heterocycles. The molecule has 0 aliphatic heterocycles. The van der Waals surface area contributed by atoms with E-state index in [2.05, 4.69) is 9.97 Å². The van der Waals surface area contributed by atoms with E-state index in [0.717, 1.165) is 0 Å². The molecule has 68 valence electrons. The van der Waals surface area contributed by atoms with Crippen LogP contribution in [0.3, 0.4) is 0 Å². The van der Waals surface area contributed by atoms with Crippen LogP contribution in [-0.2, 0) is 4.74 Å².